The van der Waals surface area contributed by atoms with E-state index >= 15 is 0 Å². The van der Waals surface area contributed by atoms with Crippen molar-refractivity contribution in [2.24, 2.45) is 0 Å². The zero-order chi connectivity index (χ0) is 27.4. The number of rotatable bonds is 2. The van der Waals surface area contributed by atoms with Crippen molar-refractivity contribution in [2.45, 2.75) is 6.23 Å². The van der Waals surface area contributed by atoms with Crippen LogP contribution in [0.3, 0.4) is 0 Å². The minimum Gasteiger partial charge on any atom is -0.464 e. The fourth-order valence-corrected chi connectivity index (χ4v) is 9.21. The van der Waals surface area contributed by atoms with Gasteiger partial charge in [0.05, 0.1) is 27.1 Å². The molecule has 9 aromatic rings. The lowest BCUT2D eigenvalue weighted by Gasteiger charge is -2.16. The summed E-state index contributed by atoms with van der Waals surface area (Å²) in [4.78, 5) is 0. The van der Waals surface area contributed by atoms with Gasteiger partial charge in [-0.3, -0.25) is 0 Å². The topological polar surface area (TPSA) is 26.2 Å². The molecule has 0 fully saturated rings. The summed E-state index contributed by atoms with van der Waals surface area (Å²) in [5.41, 5.74) is 5.86. The molecule has 42 heavy (non-hydrogen) atoms. The lowest BCUT2D eigenvalue weighted by Crippen LogP contribution is -2.11. The Labute approximate surface area is 248 Å². The van der Waals surface area contributed by atoms with Gasteiger partial charge in [0.1, 0.15) is 0 Å². The number of anilines is 1. The van der Waals surface area contributed by atoms with Crippen molar-refractivity contribution < 1.29 is 4.74 Å². The first-order valence-electron chi connectivity index (χ1n) is 14.1. The third kappa shape index (κ3) is 2.99. The highest BCUT2D eigenvalue weighted by Crippen LogP contribution is 2.51. The lowest BCUT2D eigenvalue weighted by atomic mass is 10.0. The van der Waals surface area contributed by atoms with Crippen molar-refractivity contribution in [3.63, 3.8) is 0 Å². The predicted molar refractivity (Wildman–Crippen MR) is 180 cm³/mol. The number of ether oxygens (including phenoxy) is 1. The summed E-state index contributed by atoms with van der Waals surface area (Å²) >= 11 is 3.69. The second kappa shape index (κ2) is 8.35. The Morgan fingerprint density at radius 2 is 1.17 bits per heavy atom. The molecule has 3 nitrogen and oxygen atoms in total. The first kappa shape index (κ1) is 22.8. The fourth-order valence-electron chi connectivity index (χ4n) is 6.87. The van der Waals surface area contributed by atoms with Crippen molar-refractivity contribution in [1.29, 1.82) is 0 Å². The van der Waals surface area contributed by atoms with Crippen molar-refractivity contribution in [3.8, 4) is 11.4 Å². The molecule has 0 radical (unpaired) electrons. The van der Waals surface area contributed by atoms with E-state index in [1.54, 1.807) is 0 Å². The molecule has 0 spiro atoms. The third-order valence-corrected chi connectivity index (χ3v) is 11.0. The Morgan fingerprint density at radius 1 is 0.548 bits per heavy atom. The SMILES string of the molecule is c1ccc2c(c1)sc1ccc3c(c12)OC(c1ccc(-n2c4ccccc4c4ccccc42)c2sc4ccccc4c12)N3. The number of fused-ring (bicyclic) bond motifs is 11. The molecule has 3 aromatic heterocycles. The van der Waals surface area contributed by atoms with Crippen LogP contribution in [-0.4, -0.2) is 4.57 Å². The van der Waals surface area contributed by atoms with E-state index in [0.29, 0.717) is 0 Å². The van der Waals surface area contributed by atoms with Crippen LogP contribution in [0.4, 0.5) is 5.69 Å². The number of nitrogens with one attached hydrogen (secondary N) is 1. The maximum Gasteiger partial charge on any atom is 0.197 e. The summed E-state index contributed by atoms with van der Waals surface area (Å²) in [7, 11) is 0. The van der Waals surface area contributed by atoms with Gasteiger partial charge in [-0.1, -0.05) is 78.9 Å². The van der Waals surface area contributed by atoms with E-state index in [0.717, 1.165) is 17.0 Å². The van der Waals surface area contributed by atoms with Crippen LogP contribution in [0.25, 0.3) is 67.8 Å². The van der Waals surface area contributed by atoms with Gasteiger partial charge in [0.2, 0.25) is 0 Å². The summed E-state index contributed by atoms with van der Waals surface area (Å²) in [5, 5.41) is 11.3. The van der Waals surface area contributed by atoms with Crippen molar-refractivity contribution in [3.05, 3.63) is 127 Å². The minimum absolute atomic E-state index is 0.281. The van der Waals surface area contributed by atoms with E-state index in [9.17, 15) is 0 Å². The Bertz CT molecular complexity index is 2500. The van der Waals surface area contributed by atoms with Crippen LogP contribution >= 0.6 is 22.7 Å². The van der Waals surface area contributed by atoms with Gasteiger partial charge in [0.25, 0.3) is 0 Å². The lowest BCUT2D eigenvalue weighted by molar-refractivity contribution is 0.264. The van der Waals surface area contributed by atoms with Gasteiger partial charge in [-0.2, -0.15) is 0 Å². The molecule has 4 heterocycles. The molecule has 0 saturated carbocycles. The van der Waals surface area contributed by atoms with Crippen LogP contribution in [0.1, 0.15) is 11.8 Å². The zero-order valence-corrected chi connectivity index (χ0v) is 23.9. The molecule has 0 amide bonds. The van der Waals surface area contributed by atoms with E-state index in [1.165, 1.54) is 67.8 Å². The molecule has 0 saturated heterocycles. The van der Waals surface area contributed by atoms with Crippen LogP contribution in [0, 0.1) is 0 Å². The van der Waals surface area contributed by atoms with Gasteiger partial charge in [0, 0.05) is 52.0 Å². The standard InChI is InChI=1S/C37H22N2OS2/c1-5-13-27-21(9-1)22-10-2-6-14-28(22)39(27)29-19-17-25(33-23-11-3-8-16-31(23)42-36(29)33)37-38-26-18-20-32-34(35(26)40-37)24-12-4-7-15-30(24)41-32/h1-20,37-38H. The van der Waals surface area contributed by atoms with E-state index in [2.05, 4.69) is 131 Å². The second-order valence-corrected chi connectivity index (χ2v) is 13.0. The quantitative estimate of drug-likeness (QED) is 0.222. The highest BCUT2D eigenvalue weighted by atomic mass is 32.1. The molecular weight excluding hydrogens is 553 g/mol. The van der Waals surface area contributed by atoms with E-state index in [4.69, 9.17) is 4.74 Å². The molecule has 1 aliphatic rings. The number of hydrogen-bond donors (Lipinski definition) is 1. The van der Waals surface area contributed by atoms with E-state index in [-0.39, 0.29) is 6.23 Å². The maximum atomic E-state index is 6.86. The van der Waals surface area contributed by atoms with Crippen LogP contribution in [0.5, 0.6) is 5.75 Å². The number of nitrogens with zero attached hydrogens (tertiary/aromatic N) is 1. The first-order chi connectivity index (χ1) is 20.8. The van der Waals surface area contributed by atoms with E-state index < -0.39 is 0 Å². The second-order valence-electron chi connectivity index (χ2n) is 10.9. The number of thiophene rings is 2. The van der Waals surface area contributed by atoms with E-state index in [1.807, 2.05) is 22.7 Å². The summed E-state index contributed by atoms with van der Waals surface area (Å²) in [5.74, 6) is 0.953. The molecule has 1 atom stereocenters. The molecular formula is C37H22N2OS2. The number of hydrogen-bond acceptors (Lipinski definition) is 4. The van der Waals surface area contributed by atoms with Crippen LogP contribution in [-0.2, 0) is 0 Å². The summed E-state index contributed by atoms with van der Waals surface area (Å²) in [6.07, 6.45) is -0.281. The normalized spacial score (nSPS) is 14.8. The zero-order valence-electron chi connectivity index (χ0n) is 22.3. The summed E-state index contributed by atoms with van der Waals surface area (Å²) < 4.78 is 14.4. The van der Waals surface area contributed by atoms with Crippen molar-refractivity contribution in [2.75, 3.05) is 5.32 Å². The van der Waals surface area contributed by atoms with Crippen molar-refractivity contribution >= 4 is 90.5 Å². The van der Waals surface area contributed by atoms with Gasteiger partial charge in [0.15, 0.2) is 12.0 Å². The smallest absolute Gasteiger partial charge is 0.197 e. The van der Waals surface area contributed by atoms with Crippen LogP contribution in [0.2, 0.25) is 0 Å². The van der Waals surface area contributed by atoms with Crippen LogP contribution < -0.4 is 10.1 Å². The van der Waals surface area contributed by atoms with Gasteiger partial charge < -0.3 is 14.6 Å². The van der Waals surface area contributed by atoms with Crippen LogP contribution in [0.15, 0.2) is 121 Å². The molecule has 198 valence electrons. The molecule has 10 rings (SSSR count). The van der Waals surface area contributed by atoms with Gasteiger partial charge in [-0.15, -0.1) is 22.7 Å². The average Bonchev–Trinajstić information content (AvgIpc) is 3.80. The number of benzene rings is 6. The Morgan fingerprint density at radius 3 is 1.90 bits per heavy atom. The largest absolute Gasteiger partial charge is 0.464 e. The summed E-state index contributed by atoms with van der Waals surface area (Å²) in [6, 6.07) is 43.8. The third-order valence-electron chi connectivity index (χ3n) is 8.66. The predicted octanol–water partition coefficient (Wildman–Crippen LogP) is 11.0. The molecule has 0 bridgehead atoms. The molecule has 5 heteroatoms. The molecule has 6 aromatic carbocycles. The Kier molecular flexibility index (Phi) is 4.53. The van der Waals surface area contributed by atoms with Crippen molar-refractivity contribution in [1.82, 2.24) is 4.57 Å². The molecule has 1 aliphatic heterocycles. The Balaban J connectivity index is 1.23. The highest BCUT2D eigenvalue weighted by molar-refractivity contribution is 7.26. The number of para-hydroxylation sites is 2. The molecule has 1 N–H and O–H groups in total. The van der Waals surface area contributed by atoms with Gasteiger partial charge in [-0.05, 0) is 42.5 Å². The van der Waals surface area contributed by atoms with Gasteiger partial charge >= 0.3 is 0 Å². The number of aromatic nitrogens is 1. The molecule has 1 unspecified atom stereocenters. The van der Waals surface area contributed by atoms with Gasteiger partial charge in [-0.25, -0.2) is 0 Å². The monoisotopic (exact) mass is 574 g/mol. The molecule has 0 aliphatic carbocycles. The first-order valence-corrected chi connectivity index (χ1v) is 15.8. The highest BCUT2D eigenvalue weighted by Gasteiger charge is 2.30. The fraction of sp³-hybridized carbons (Fsp3) is 0.0270. The maximum absolute atomic E-state index is 6.86. The minimum atomic E-state index is -0.281. The Hall–Kier alpha value is -4.84. The average molecular weight is 575 g/mol. The summed E-state index contributed by atoms with van der Waals surface area (Å²) in [6.45, 7) is 0.